The predicted molar refractivity (Wildman–Crippen MR) is 93.2 cm³/mol. The number of amides is 2. The van der Waals surface area contributed by atoms with Gasteiger partial charge < -0.3 is 20.1 Å². The summed E-state index contributed by atoms with van der Waals surface area (Å²) in [5.74, 6) is -0.403. The van der Waals surface area contributed by atoms with Crippen LogP contribution in [0.1, 0.15) is 17.3 Å². The highest BCUT2D eigenvalue weighted by Gasteiger charge is 2.28. The lowest BCUT2D eigenvalue weighted by atomic mass is 10.2. The first-order valence-electron chi connectivity index (χ1n) is 7.74. The minimum absolute atomic E-state index is 0.00545. The summed E-state index contributed by atoms with van der Waals surface area (Å²) in [7, 11) is 1.43. The van der Waals surface area contributed by atoms with Crippen LogP contribution in [0.2, 0.25) is 0 Å². The second-order valence-electron chi connectivity index (χ2n) is 5.48. The molecule has 0 aliphatic rings. The molecule has 0 heterocycles. The molecule has 9 heteroatoms. The number of methoxy groups -OCH3 is 1. The number of carbonyl (C=O) groups excluding carboxylic acids is 2. The van der Waals surface area contributed by atoms with Crippen molar-refractivity contribution in [2.24, 2.45) is 0 Å². The molecule has 27 heavy (non-hydrogen) atoms. The van der Waals surface area contributed by atoms with E-state index in [0.29, 0.717) is 17.1 Å². The zero-order chi connectivity index (χ0) is 20.0. The van der Waals surface area contributed by atoms with Gasteiger partial charge in [0.25, 0.3) is 5.91 Å². The van der Waals surface area contributed by atoms with Gasteiger partial charge in [-0.25, -0.2) is 0 Å². The smallest absolute Gasteiger partial charge is 0.422 e. The maximum absolute atomic E-state index is 12.4. The third-order valence-corrected chi connectivity index (χ3v) is 3.29. The molecule has 2 aromatic rings. The van der Waals surface area contributed by atoms with Gasteiger partial charge in [0.1, 0.15) is 11.5 Å². The number of nitrogens with one attached hydrogen (secondary N) is 2. The number of anilines is 2. The van der Waals surface area contributed by atoms with Crippen molar-refractivity contribution in [3.63, 3.8) is 0 Å². The molecule has 0 radical (unpaired) electrons. The molecule has 0 saturated carbocycles. The second-order valence-corrected chi connectivity index (χ2v) is 5.48. The SMILES string of the molecule is COc1ccc(NC(C)=O)cc1NC(=O)c1ccc(OCC(F)(F)F)cc1. The molecule has 2 rings (SSSR count). The monoisotopic (exact) mass is 382 g/mol. The highest BCUT2D eigenvalue weighted by molar-refractivity contribution is 6.05. The van der Waals surface area contributed by atoms with Gasteiger partial charge in [-0.05, 0) is 42.5 Å². The molecule has 0 spiro atoms. The number of hydrogen-bond donors (Lipinski definition) is 2. The van der Waals surface area contributed by atoms with E-state index in [1.54, 1.807) is 12.1 Å². The first kappa shape index (κ1) is 20.1. The van der Waals surface area contributed by atoms with Crippen LogP contribution in [0.25, 0.3) is 0 Å². The molecule has 0 aliphatic heterocycles. The Bertz CT molecular complexity index is 820. The van der Waals surface area contributed by atoms with Gasteiger partial charge in [0.05, 0.1) is 12.8 Å². The molecule has 2 aromatic carbocycles. The molecule has 2 amide bonds. The predicted octanol–water partition coefficient (Wildman–Crippen LogP) is 3.85. The Labute approximate surface area is 153 Å². The Morgan fingerprint density at radius 3 is 2.26 bits per heavy atom. The lowest BCUT2D eigenvalue weighted by molar-refractivity contribution is -0.153. The van der Waals surface area contributed by atoms with E-state index >= 15 is 0 Å². The van der Waals surface area contributed by atoms with Crippen molar-refractivity contribution < 1.29 is 32.2 Å². The number of carbonyl (C=O) groups is 2. The minimum atomic E-state index is -4.44. The Kier molecular flexibility index (Phi) is 6.27. The van der Waals surface area contributed by atoms with Crippen LogP contribution in [0.15, 0.2) is 42.5 Å². The third-order valence-electron chi connectivity index (χ3n) is 3.29. The second kappa shape index (κ2) is 8.43. The summed E-state index contributed by atoms with van der Waals surface area (Å²) in [6, 6.07) is 9.93. The molecule has 144 valence electrons. The van der Waals surface area contributed by atoms with Crippen LogP contribution in [0.3, 0.4) is 0 Å². The zero-order valence-corrected chi connectivity index (χ0v) is 14.5. The number of ether oxygens (including phenoxy) is 2. The van der Waals surface area contributed by atoms with Crippen molar-refractivity contribution in [2.75, 3.05) is 24.4 Å². The van der Waals surface area contributed by atoms with Crippen LogP contribution < -0.4 is 20.1 Å². The topological polar surface area (TPSA) is 76.7 Å². The van der Waals surface area contributed by atoms with Crippen molar-refractivity contribution in [3.8, 4) is 11.5 Å². The number of hydrogen-bond acceptors (Lipinski definition) is 4. The fourth-order valence-corrected chi connectivity index (χ4v) is 2.15. The first-order chi connectivity index (χ1) is 12.7. The average Bonchev–Trinajstić information content (AvgIpc) is 2.59. The molecule has 0 saturated heterocycles. The molecule has 0 aromatic heterocycles. The quantitative estimate of drug-likeness (QED) is 0.796. The lowest BCUT2D eigenvalue weighted by Gasteiger charge is -2.13. The van der Waals surface area contributed by atoms with Crippen molar-refractivity contribution in [2.45, 2.75) is 13.1 Å². The van der Waals surface area contributed by atoms with E-state index in [0.717, 1.165) is 0 Å². The zero-order valence-electron chi connectivity index (χ0n) is 14.5. The molecule has 2 N–H and O–H groups in total. The van der Waals surface area contributed by atoms with Crippen LogP contribution in [-0.4, -0.2) is 31.7 Å². The van der Waals surface area contributed by atoms with E-state index in [4.69, 9.17) is 4.74 Å². The molecule has 0 aliphatic carbocycles. The molecule has 6 nitrogen and oxygen atoms in total. The van der Waals surface area contributed by atoms with Crippen molar-refractivity contribution in [1.29, 1.82) is 0 Å². The van der Waals surface area contributed by atoms with Gasteiger partial charge in [-0.2, -0.15) is 13.2 Å². The van der Waals surface area contributed by atoms with Gasteiger partial charge in [0, 0.05) is 18.2 Å². The summed E-state index contributed by atoms with van der Waals surface area (Å²) >= 11 is 0. The summed E-state index contributed by atoms with van der Waals surface area (Å²) in [4.78, 5) is 23.5. The summed E-state index contributed by atoms with van der Waals surface area (Å²) in [5, 5.41) is 5.22. The minimum Gasteiger partial charge on any atom is -0.495 e. The average molecular weight is 382 g/mol. The van der Waals surface area contributed by atoms with E-state index < -0.39 is 18.7 Å². The summed E-state index contributed by atoms with van der Waals surface area (Å²) in [5.41, 5.74) is 1.00. The Balaban J connectivity index is 2.11. The maximum atomic E-state index is 12.4. The van der Waals surface area contributed by atoms with Crippen LogP contribution >= 0.6 is 0 Å². The number of benzene rings is 2. The van der Waals surface area contributed by atoms with E-state index in [9.17, 15) is 22.8 Å². The highest BCUT2D eigenvalue weighted by atomic mass is 19.4. The van der Waals surface area contributed by atoms with Gasteiger partial charge in [-0.15, -0.1) is 0 Å². The Hall–Kier alpha value is -3.23. The molecular weight excluding hydrogens is 365 g/mol. The third kappa shape index (κ3) is 6.21. The van der Waals surface area contributed by atoms with E-state index in [1.165, 1.54) is 44.4 Å². The summed E-state index contributed by atoms with van der Waals surface area (Å²) in [6.45, 7) is -0.0589. The fourth-order valence-electron chi connectivity index (χ4n) is 2.15. The fraction of sp³-hybridized carbons (Fsp3) is 0.222. The van der Waals surface area contributed by atoms with Gasteiger partial charge in [-0.1, -0.05) is 0 Å². The first-order valence-corrected chi connectivity index (χ1v) is 7.74. The normalized spacial score (nSPS) is 10.9. The molecular formula is C18H17F3N2O4. The number of rotatable bonds is 6. The molecule has 0 bridgehead atoms. The van der Waals surface area contributed by atoms with Crippen molar-refractivity contribution in [1.82, 2.24) is 0 Å². The van der Waals surface area contributed by atoms with Gasteiger partial charge in [0.15, 0.2) is 6.61 Å². The Morgan fingerprint density at radius 1 is 1.04 bits per heavy atom. The van der Waals surface area contributed by atoms with Gasteiger partial charge in [-0.3, -0.25) is 9.59 Å². The van der Waals surface area contributed by atoms with Crippen molar-refractivity contribution >= 4 is 23.2 Å². The van der Waals surface area contributed by atoms with Crippen LogP contribution in [-0.2, 0) is 4.79 Å². The molecule has 0 atom stereocenters. The molecule has 0 unspecified atom stereocenters. The van der Waals surface area contributed by atoms with E-state index in [2.05, 4.69) is 15.4 Å². The maximum Gasteiger partial charge on any atom is 0.422 e. The van der Waals surface area contributed by atoms with Gasteiger partial charge in [0.2, 0.25) is 5.91 Å². The standard InChI is InChI=1S/C18H17F3N2O4/c1-11(24)22-13-5-8-16(26-2)15(9-13)23-17(25)12-3-6-14(7-4-12)27-10-18(19,20)21/h3-9H,10H2,1-2H3,(H,22,24)(H,23,25). The van der Waals surface area contributed by atoms with Crippen molar-refractivity contribution in [3.05, 3.63) is 48.0 Å². The number of halogens is 3. The van der Waals surface area contributed by atoms with Crippen LogP contribution in [0, 0.1) is 0 Å². The van der Waals surface area contributed by atoms with Crippen LogP contribution in [0.4, 0.5) is 24.5 Å². The Morgan fingerprint density at radius 2 is 1.70 bits per heavy atom. The summed E-state index contributed by atoms with van der Waals surface area (Å²) in [6.07, 6.45) is -4.44. The van der Waals surface area contributed by atoms with E-state index in [-0.39, 0.29) is 17.2 Å². The van der Waals surface area contributed by atoms with Crippen LogP contribution in [0.5, 0.6) is 11.5 Å². The molecule has 0 fully saturated rings. The summed E-state index contributed by atoms with van der Waals surface area (Å²) < 4.78 is 46.2. The van der Waals surface area contributed by atoms with Gasteiger partial charge >= 0.3 is 6.18 Å². The lowest BCUT2D eigenvalue weighted by Crippen LogP contribution is -2.19. The number of alkyl halides is 3. The largest absolute Gasteiger partial charge is 0.495 e. The highest BCUT2D eigenvalue weighted by Crippen LogP contribution is 2.28. The van der Waals surface area contributed by atoms with E-state index in [1.807, 2.05) is 0 Å².